The van der Waals surface area contributed by atoms with Gasteiger partial charge >= 0.3 is 0 Å². The Bertz CT molecular complexity index is 405. The van der Waals surface area contributed by atoms with Crippen LogP contribution in [0, 0.1) is 24.2 Å². The highest BCUT2D eigenvalue weighted by molar-refractivity contribution is 5.78. The van der Waals surface area contributed by atoms with Crippen molar-refractivity contribution in [1.29, 1.82) is 0 Å². The maximum atomic E-state index is 12.3. The first-order valence-corrected chi connectivity index (χ1v) is 8.44. The monoisotopic (exact) mass is 289 g/mol. The average molecular weight is 289 g/mol. The molecule has 0 spiro atoms. The topological polar surface area (TPSA) is 35.6 Å². The molecule has 0 aromatic heterocycles. The second-order valence-electron chi connectivity index (χ2n) is 6.88. The maximum Gasteiger partial charge on any atom is 0.223 e. The van der Waals surface area contributed by atoms with E-state index in [9.17, 15) is 4.79 Å². The van der Waals surface area contributed by atoms with E-state index in [1.165, 1.54) is 32.4 Å². The standard InChI is InChI=1S/C17H27N3O/c1-2-8-19-9-6-15(7-10-19)17(21)18-12-14-5-11-20(13-14)16-3-4-16/h1,14-16H,3-13H2,(H,18,21). The van der Waals surface area contributed by atoms with Gasteiger partial charge < -0.3 is 10.2 Å². The van der Waals surface area contributed by atoms with Gasteiger partial charge in [0.1, 0.15) is 0 Å². The molecule has 2 aliphatic heterocycles. The number of hydrogen-bond donors (Lipinski definition) is 1. The van der Waals surface area contributed by atoms with E-state index in [0.717, 1.165) is 38.5 Å². The predicted octanol–water partition coefficient (Wildman–Crippen LogP) is 0.932. The fraction of sp³-hybridized carbons (Fsp3) is 0.824. The summed E-state index contributed by atoms with van der Waals surface area (Å²) in [6, 6.07) is 0.867. The number of hydrogen-bond acceptors (Lipinski definition) is 3. The van der Waals surface area contributed by atoms with Crippen molar-refractivity contribution in [3.05, 3.63) is 0 Å². The zero-order valence-corrected chi connectivity index (χ0v) is 12.9. The highest BCUT2D eigenvalue weighted by Gasteiger charge is 2.34. The highest BCUT2D eigenvalue weighted by Crippen LogP contribution is 2.31. The number of carbonyl (C=O) groups excluding carboxylic acids is 1. The van der Waals surface area contributed by atoms with E-state index < -0.39 is 0 Å². The van der Waals surface area contributed by atoms with Gasteiger partial charge in [0.05, 0.1) is 6.54 Å². The molecule has 116 valence electrons. The zero-order valence-electron chi connectivity index (χ0n) is 12.9. The van der Waals surface area contributed by atoms with Crippen molar-refractivity contribution in [3.8, 4) is 12.3 Å². The molecule has 21 heavy (non-hydrogen) atoms. The van der Waals surface area contributed by atoms with E-state index in [0.29, 0.717) is 12.5 Å². The summed E-state index contributed by atoms with van der Waals surface area (Å²) in [7, 11) is 0. The number of piperidine rings is 1. The van der Waals surface area contributed by atoms with Gasteiger partial charge in [-0.2, -0.15) is 0 Å². The number of likely N-dealkylation sites (tertiary alicyclic amines) is 2. The molecule has 0 bridgehead atoms. The summed E-state index contributed by atoms with van der Waals surface area (Å²) < 4.78 is 0. The van der Waals surface area contributed by atoms with Crippen LogP contribution in [0.2, 0.25) is 0 Å². The lowest BCUT2D eigenvalue weighted by Crippen LogP contribution is -2.42. The second-order valence-corrected chi connectivity index (χ2v) is 6.88. The van der Waals surface area contributed by atoms with Crippen LogP contribution in [0.3, 0.4) is 0 Å². The average Bonchev–Trinajstić information content (AvgIpc) is 3.25. The molecule has 4 nitrogen and oxygen atoms in total. The first-order valence-electron chi connectivity index (χ1n) is 8.44. The Balaban J connectivity index is 1.34. The number of carbonyl (C=O) groups is 1. The van der Waals surface area contributed by atoms with Crippen LogP contribution in [0.15, 0.2) is 0 Å². The largest absolute Gasteiger partial charge is 0.356 e. The predicted molar refractivity (Wildman–Crippen MR) is 83.7 cm³/mol. The molecule has 3 aliphatic rings. The molecule has 1 unspecified atom stereocenters. The van der Waals surface area contributed by atoms with E-state index in [2.05, 4.69) is 21.0 Å². The minimum Gasteiger partial charge on any atom is -0.356 e. The highest BCUT2D eigenvalue weighted by atomic mass is 16.1. The molecule has 2 heterocycles. The summed E-state index contributed by atoms with van der Waals surface area (Å²) in [4.78, 5) is 17.1. The van der Waals surface area contributed by atoms with Crippen molar-refractivity contribution in [3.63, 3.8) is 0 Å². The Hall–Kier alpha value is -1.05. The lowest BCUT2D eigenvalue weighted by Gasteiger charge is -2.30. The summed E-state index contributed by atoms with van der Waals surface area (Å²) in [5.74, 6) is 3.80. The molecule has 1 saturated carbocycles. The molecule has 4 heteroatoms. The van der Waals surface area contributed by atoms with Crippen LogP contribution in [0.1, 0.15) is 32.1 Å². The number of terminal acetylenes is 1. The van der Waals surface area contributed by atoms with Crippen LogP contribution in [0.4, 0.5) is 0 Å². The molecule has 3 fully saturated rings. The molecule has 1 amide bonds. The van der Waals surface area contributed by atoms with Gasteiger partial charge in [-0.1, -0.05) is 5.92 Å². The third-order valence-corrected chi connectivity index (χ3v) is 5.22. The Labute approximate surface area is 128 Å². The number of amides is 1. The summed E-state index contributed by atoms with van der Waals surface area (Å²) in [6.07, 6.45) is 11.3. The summed E-state index contributed by atoms with van der Waals surface area (Å²) >= 11 is 0. The normalized spacial score (nSPS) is 28.4. The molecular weight excluding hydrogens is 262 g/mol. The maximum absolute atomic E-state index is 12.3. The van der Waals surface area contributed by atoms with E-state index in [-0.39, 0.29) is 11.8 Å². The van der Waals surface area contributed by atoms with Crippen molar-refractivity contribution in [1.82, 2.24) is 15.1 Å². The minimum atomic E-state index is 0.194. The second kappa shape index (κ2) is 6.81. The van der Waals surface area contributed by atoms with Crippen LogP contribution in [0.25, 0.3) is 0 Å². The van der Waals surface area contributed by atoms with Gasteiger partial charge in [0.15, 0.2) is 0 Å². The third kappa shape index (κ3) is 3.99. The fourth-order valence-corrected chi connectivity index (χ4v) is 3.67. The molecule has 1 atom stereocenters. The molecule has 1 aliphatic carbocycles. The molecule has 0 aromatic rings. The van der Waals surface area contributed by atoms with E-state index in [4.69, 9.17) is 6.42 Å². The van der Waals surface area contributed by atoms with Gasteiger partial charge in [-0.3, -0.25) is 9.69 Å². The van der Waals surface area contributed by atoms with Crippen LogP contribution < -0.4 is 5.32 Å². The van der Waals surface area contributed by atoms with E-state index in [1.54, 1.807) is 0 Å². The quantitative estimate of drug-likeness (QED) is 0.765. The number of nitrogens with one attached hydrogen (secondary N) is 1. The summed E-state index contributed by atoms with van der Waals surface area (Å²) in [5.41, 5.74) is 0. The SMILES string of the molecule is C#CCN1CCC(C(=O)NCC2CCN(C3CC3)C2)CC1. The number of nitrogens with zero attached hydrogens (tertiary/aromatic N) is 2. The molecule has 2 saturated heterocycles. The molecule has 3 rings (SSSR count). The Morgan fingerprint density at radius 2 is 1.90 bits per heavy atom. The van der Waals surface area contributed by atoms with Gasteiger partial charge in [-0.05, 0) is 57.7 Å². The van der Waals surface area contributed by atoms with Crippen molar-refractivity contribution in [2.45, 2.75) is 38.1 Å². The molecule has 1 N–H and O–H groups in total. The third-order valence-electron chi connectivity index (χ3n) is 5.22. The Morgan fingerprint density at radius 1 is 1.14 bits per heavy atom. The van der Waals surface area contributed by atoms with Crippen molar-refractivity contribution in [2.75, 3.05) is 39.3 Å². The van der Waals surface area contributed by atoms with Crippen molar-refractivity contribution in [2.24, 2.45) is 11.8 Å². The fourth-order valence-electron chi connectivity index (χ4n) is 3.67. The lowest BCUT2D eigenvalue weighted by atomic mass is 9.95. The Kier molecular flexibility index (Phi) is 4.82. The summed E-state index contributed by atoms with van der Waals surface area (Å²) in [5, 5.41) is 3.20. The smallest absolute Gasteiger partial charge is 0.223 e. The number of rotatable bonds is 5. The minimum absolute atomic E-state index is 0.194. The summed E-state index contributed by atoms with van der Waals surface area (Å²) in [6.45, 7) is 5.92. The van der Waals surface area contributed by atoms with Crippen molar-refractivity contribution < 1.29 is 4.79 Å². The van der Waals surface area contributed by atoms with Crippen LogP contribution in [-0.4, -0.2) is 61.0 Å². The lowest BCUT2D eigenvalue weighted by molar-refractivity contribution is -0.126. The van der Waals surface area contributed by atoms with Crippen LogP contribution in [-0.2, 0) is 4.79 Å². The van der Waals surface area contributed by atoms with Gasteiger partial charge in [0.25, 0.3) is 0 Å². The van der Waals surface area contributed by atoms with Gasteiger partial charge in [0.2, 0.25) is 5.91 Å². The van der Waals surface area contributed by atoms with Gasteiger partial charge in [-0.15, -0.1) is 6.42 Å². The van der Waals surface area contributed by atoms with Crippen LogP contribution >= 0.6 is 0 Å². The first-order chi connectivity index (χ1) is 10.3. The molecule has 0 radical (unpaired) electrons. The van der Waals surface area contributed by atoms with Gasteiger partial charge in [-0.25, -0.2) is 0 Å². The van der Waals surface area contributed by atoms with Gasteiger partial charge in [0, 0.05) is 25.0 Å². The van der Waals surface area contributed by atoms with Crippen molar-refractivity contribution >= 4 is 5.91 Å². The van der Waals surface area contributed by atoms with E-state index in [1.807, 2.05) is 0 Å². The molecule has 0 aromatic carbocycles. The first kappa shape index (κ1) is 14.9. The zero-order chi connectivity index (χ0) is 14.7. The Morgan fingerprint density at radius 3 is 2.57 bits per heavy atom. The van der Waals surface area contributed by atoms with Crippen LogP contribution in [0.5, 0.6) is 0 Å². The van der Waals surface area contributed by atoms with E-state index >= 15 is 0 Å². The molecular formula is C17H27N3O.